The summed E-state index contributed by atoms with van der Waals surface area (Å²) < 4.78 is 23.7. The van der Waals surface area contributed by atoms with Crippen LogP contribution in [0.4, 0.5) is 0 Å². The summed E-state index contributed by atoms with van der Waals surface area (Å²) in [6.07, 6.45) is 64.2. The second-order valence-electron chi connectivity index (χ2n) is 21.7. The van der Waals surface area contributed by atoms with Gasteiger partial charge in [0.25, 0.3) is 0 Å². The summed E-state index contributed by atoms with van der Waals surface area (Å²) >= 11 is 0. The predicted octanol–water partition coefficient (Wildman–Crippen LogP) is 18.0. The average Bonchev–Trinajstić information content (AvgIpc) is 3.30. The van der Waals surface area contributed by atoms with Crippen molar-refractivity contribution in [2.24, 2.45) is 0 Å². The summed E-state index contributed by atoms with van der Waals surface area (Å²) in [6.45, 7) is 4.86. The third-order valence-corrected chi connectivity index (χ3v) is 14.6. The number of aliphatic hydroxyl groups is 1. The van der Waals surface area contributed by atoms with Gasteiger partial charge in [0.05, 0.1) is 39.9 Å². The molecule has 404 valence electrons. The Balaban J connectivity index is 4.17. The van der Waals surface area contributed by atoms with E-state index in [0.717, 1.165) is 38.5 Å². The number of likely N-dealkylation sites (N-methyl/N-ethyl adjacent to an activating group) is 1. The number of carbonyl (C=O) groups is 1. The van der Waals surface area contributed by atoms with Gasteiger partial charge in [0.15, 0.2) is 0 Å². The lowest BCUT2D eigenvalue weighted by Gasteiger charge is -2.25. The van der Waals surface area contributed by atoms with Gasteiger partial charge in [-0.05, 0) is 44.9 Å². The number of nitrogens with zero attached hydrogens (tertiary/aromatic N) is 1. The standard InChI is InChI=1S/C59H117N2O6P/c1-6-8-10-12-14-16-18-20-22-24-26-28-29-30-31-32-33-35-37-39-41-43-45-47-49-51-53-59(63)60-57(56-67-68(64,65)66-55-54-61(3,4)5)58(62)52-50-48-46-44-42-40-38-36-34-27-25-23-21-19-17-15-13-11-9-7-2/h30-31,50,52,57-58,62H,6-29,32-49,51,53-56H2,1-5H3,(H-,60,63,64,65)/p+1/b31-30-,52-50+. The highest BCUT2D eigenvalue weighted by molar-refractivity contribution is 7.47. The van der Waals surface area contributed by atoms with Crippen molar-refractivity contribution in [2.45, 2.75) is 309 Å². The molecule has 0 aromatic rings. The van der Waals surface area contributed by atoms with Crippen LogP contribution in [-0.4, -0.2) is 73.4 Å². The summed E-state index contributed by atoms with van der Waals surface area (Å²) in [5, 5.41) is 14.0. The molecule has 0 bridgehead atoms. The van der Waals surface area contributed by atoms with Gasteiger partial charge in [-0.25, -0.2) is 4.57 Å². The number of amides is 1. The molecule has 0 rings (SSSR count). The Bertz CT molecular complexity index is 1160. The highest BCUT2D eigenvalue weighted by atomic mass is 31.2. The maximum absolute atomic E-state index is 13.0. The van der Waals surface area contributed by atoms with Crippen molar-refractivity contribution >= 4 is 13.7 Å². The zero-order chi connectivity index (χ0) is 49.9. The van der Waals surface area contributed by atoms with Crippen LogP contribution in [0.15, 0.2) is 24.3 Å². The Kier molecular flexibility index (Phi) is 50.1. The molecule has 9 heteroatoms. The van der Waals surface area contributed by atoms with Gasteiger partial charge in [-0.3, -0.25) is 13.8 Å². The van der Waals surface area contributed by atoms with E-state index in [1.54, 1.807) is 6.08 Å². The van der Waals surface area contributed by atoms with Crippen molar-refractivity contribution in [3.8, 4) is 0 Å². The number of carbonyl (C=O) groups excluding carboxylic acids is 1. The molecule has 0 heterocycles. The summed E-state index contributed by atoms with van der Waals surface area (Å²) in [6, 6.07) is -0.846. The number of aliphatic hydroxyl groups excluding tert-OH is 1. The van der Waals surface area contributed by atoms with E-state index in [-0.39, 0.29) is 19.1 Å². The molecule has 0 spiro atoms. The van der Waals surface area contributed by atoms with Crippen molar-refractivity contribution < 1.29 is 32.9 Å². The third kappa shape index (κ3) is 52.8. The summed E-state index contributed by atoms with van der Waals surface area (Å²) in [5.74, 6) is -0.174. The van der Waals surface area contributed by atoms with E-state index in [2.05, 4.69) is 31.3 Å². The molecule has 68 heavy (non-hydrogen) atoms. The molecular weight excluding hydrogens is 864 g/mol. The first-order chi connectivity index (χ1) is 33.0. The van der Waals surface area contributed by atoms with E-state index in [4.69, 9.17) is 9.05 Å². The van der Waals surface area contributed by atoms with Crippen molar-refractivity contribution in [2.75, 3.05) is 40.9 Å². The topological polar surface area (TPSA) is 105 Å². The highest BCUT2D eigenvalue weighted by Gasteiger charge is 2.27. The Labute approximate surface area is 424 Å². The minimum atomic E-state index is -4.35. The molecule has 0 saturated heterocycles. The monoisotopic (exact) mass is 982 g/mol. The maximum Gasteiger partial charge on any atom is 0.472 e. The number of hydrogen-bond donors (Lipinski definition) is 3. The Hall–Kier alpha value is -1.02. The highest BCUT2D eigenvalue weighted by Crippen LogP contribution is 2.43. The maximum atomic E-state index is 13.0. The van der Waals surface area contributed by atoms with E-state index in [9.17, 15) is 19.4 Å². The number of nitrogens with one attached hydrogen (secondary N) is 1. The number of phosphoric ester groups is 1. The first kappa shape index (κ1) is 67.0. The number of quaternary nitrogens is 1. The number of unbranched alkanes of at least 4 members (excludes halogenated alkanes) is 40. The van der Waals surface area contributed by atoms with Gasteiger partial charge >= 0.3 is 7.82 Å². The van der Waals surface area contributed by atoms with Crippen LogP contribution in [0.3, 0.4) is 0 Å². The first-order valence-corrected chi connectivity index (χ1v) is 31.2. The van der Waals surface area contributed by atoms with Gasteiger partial charge in [-0.15, -0.1) is 0 Å². The predicted molar refractivity (Wildman–Crippen MR) is 295 cm³/mol. The molecule has 8 nitrogen and oxygen atoms in total. The molecule has 0 aliphatic heterocycles. The van der Waals surface area contributed by atoms with Crippen LogP contribution < -0.4 is 5.32 Å². The number of rotatable bonds is 55. The molecule has 0 aliphatic rings. The van der Waals surface area contributed by atoms with Gasteiger partial charge in [0.2, 0.25) is 5.91 Å². The quantitative estimate of drug-likeness (QED) is 0.0243. The van der Waals surface area contributed by atoms with E-state index < -0.39 is 20.0 Å². The van der Waals surface area contributed by atoms with Crippen LogP contribution in [0, 0.1) is 0 Å². The zero-order valence-corrected chi connectivity index (χ0v) is 47.0. The molecule has 1 amide bonds. The number of hydrogen-bond acceptors (Lipinski definition) is 5. The Morgan fingerprint density at radius 1 is 0.485 bits per heavy atom. The smallest absolute Gasteiger partial charge is 0.387 e. The Morgan fingerprint density at radius 2 is 0.794 bits per heavy atom. The van der Waals surface area contributed by atoms with Gasteiger partial charge < -0.3 is 19.8 Å². The van der Waals surface area contributed by atoms with Crippen LogP contribution in [0.2, 0.25) is 0 Å². The first-order valence-electron chi connectivity index (χ1n) is 29.7. The van der Waals surface area contributed by atoms with Crippen LogP contribution in [0.1, 0.15) is 296 Å². The molecular formula is C59H118N2O6P+. The molecule has 0 aromatic heterocycles. The third-order valence-electron chi connectivity index (χ3n) is 13.7. The van der Waals surface area contributed by atoms with Crippen molar-refractivity contribution in [3.05, 3.63) is 24.3 Å². The second-order valence-corrected chi connectivity index (χ2v) is 23.2. The van der Waals surface area contributed by atoms with Crippen LogP contribution in [0.25, 0.3) is 0 Å². The van der Waals surface area contributed by atoms with Crippen molar-refractivity contribution in [3.63, 3.8) is 0 Å². The largest absolute Gasteiger partial charge is 0.472 e. The normalized spacial score (nSPS) is 14.0. The van der Waals surface area contributed by atoms with E-state index >= 15 is 0 Å². The summed E-state index contributed by atoms with van der Waals surface area (Å²) in [5.41, 5.74) is 0. The van der Waals surface area contributed by atoms with Crippen molar-refractivity contribution in [1.29, 1.82) is 0 Å². The molecule has 3 unspecified atom stereocenters. The fraction of sp³-hybridized carbons (Fsp3) is 0.915. The minimum Gasteiger partial charge on any atom is -0.387 e. The fourth-order valence-electron chi connectivity index (χ4n) is 8.98. The molecule has 3 N–H and O–H groups in total. The van der Waals surface area contributed by atoms with Crippen LogP contribution in [0.5, 0.6) is 0 Å². The molecule has 0 aromatic carbocycles. The Morgan fingerprint density at radius 3 is 1.13 bits per heavy atom. The van der Waals surface area contributed by atoms with E-state index in [1.165, 1.54) is 238 Å². The summed E-state index contributed by atoms with van der Waals surface area (Å²) in [7, 11) is 1.58. The molecule has 0 saturated carbocycles. The van der Waals surface area contributed by atoms with Crippen molar-refractivity contribution in [1.82, 2.24) is 5.32 Å². The van der Waals surface area contributed by atoms with Gasteiger partial charge in [0.1, 0.15) is 13.2 Å². The molecule has 3 atom stereocenters. The number of phosphoric acid groups is 1. The SMILES string of the molecule is CCCCCCCCCCCCCC/C=C\CCCCCCCCCCCCC(=O)NC(COP(=O)(O)OCC[N+](C)(C)C)C(O)/C=C/CCCCCCCCCCCCCCCCCCCC. The van der Waals surface area contributed by atoms with Gasteiger partial charge in [0, 0.05) is 6.42 Å². The number of allylic oxidation sites excluding steroid dienone is 3. The second kappa shape index (κ2) is 50.9. The van der Waals surface area contributed by atoms with Crippen LogP contribution >= 0.6 is 7.82 Å². The van der Waals surface area contributed by atoms with E-state index in [1.807, 2.05) is 27.2 Å². The minimum absolute atomic E-state index is 0.0631. The van der Waals surface area contributed by atoms with Gasteiger partial charge in [-0.1, -0.05) is 269 Å². The van der Waals surface area contributed by atoms with Gasteiger partial charge in [-0.2, -0.15) is 0 Å². The van der Waals surface area contributed by atoms with E-state index in [0.29, 0.717) is 17.4 Å². The lowest BCUT2D eigenvalue weighted by molar-refractivity contribution is -0.870. The zero-order valence-electron chi connectivity index (χ0n) is 46.1. The average molecular weight is 983 g/mol. The fourth-order valence-corrected chi connectivity index (χ4v) is 9.72. The lowest BCUT2D eigenvalue weighted by atomic mass is 10.0. The van der Waals surface area contributed by atoms with Crippen LogP contribution in [-0.2, 0) is 18.4 Å². The lowest BCUT2D eigenvalue weighted by Crippen LogP contribution is -2.45. The molecule has 0 aliphatic carbocycles. The molecule has 0 radical (unpaired) electrons. The molecule has 0 fully saturated rings. The summed E-state index contributed by atoms with van der Waals surface area (Å²) in [4.78, 5) is 23.3.